The minimum absolute atomic E-state index is 0.152. The molecule has 0 bridgehead atoms. The second-order valence-corrected chi connectivity index (χ2v) is 4.92. The molecule has 0 heterocycles. The van der Waals surface area contributed by atoms with E-state index in [4.69, 9.17) is 4.74 Å². The van der Waals surface area contributed by atoms with Crippen molar-refractivity contribution >= 4 is 11.8 Å². The smallest absolute Gasteiger partial charge is 0.339 e. The fourth-order valence-corrected chi connectivity index (χ4v) is 2.74. The number of fused-ring (bicyclic) bond motifs is 1. The molecule has 2 aliphatic carbocycles. The van der Waals surface area contributed by atoms with Gasteiger partial charge in [0.05, 0.1) is 11.0 Å². The molecule has 3 nitrogen and oxygen atoms in total. The number of esters is 1. The van der Waals surface area contributed by atoms with Gasteiger partial charge in [-0.1, -0.05) is 37.3 Å². The summed E-state index contributed by atoms with van der Waals surface area (Å²) >= 11 is 0. The van der Waals surface area contributed by atoms with Crippen LogP contribution in [0.5, 0.6) is 0 Å². The summed E-state index contributed by atoms with van der Waals surface area (Å²) in [5.74, 6) is -0.610. The van der Waals surface area contributed by atoms with Gasteiger partial charge in [-0.25, -0.2) is 4.79 Å². The van der Waals surface area contributed by atoms with Gasteiger partial charge in [-0.2, -0.15) is 0 Å². The van der Waals surface area contributed by atoms with Crippen LogP contribution in [0.2, 0.25) is 0 Å². The van der Waals surface area contributed by atoms with E-state index in [-0.39, 0.29) is 5.78 Å². The lowest BCUT2D eigenvalue weighted by Crippen LogP contribution is -2.55. The average molecular weight is 254 g/mol. The van der Waals surface area contributed by atoms with Crippen molar-refractivity contribution < 1.29 is 14.3 Å². The van der Waals surface area contributed by atoms with Gasteiger partial charge in [0.15, 0.2) is 0 Å². The quantitative estimate of drug-likeness (QED) is 0.615. The van der Waals surface area contributed by atoms with Gasteiger partial charge in [0.25, 0.3) is 0 Å². The first-order valence-corrected chi connectivity index (χ1v) is 6.36. The monoisotopic (exact) mass is 254 g/mol. The third-order valence-corrected chi connectivity index (χ3v) is 4.05. The predicted molar refractivity (Wildman–Crippen MR) is 70.6 cm³/mol. The molecule has 0 fully saturated rings. The molecule has 0 saturated heterocycles. The lowest BCUT2D eigenvalue weighted by atomic mass is 9.63. The summed E-state index contributed by atoms with van der Waals surface area (Å²) in [6.45, 7) is 1.98. The highest BCUT2D eigenvalue weighted by molar-refractivity contribution is 6.07. The van der Waals surface area contributed by atoms with Crippen LogP contribution in [0.15, 0.2) is 54.6 Å². The highest BCUT2D eigenvalue weighted by Crippen LogP contribution is 2.54. The number of carbonyl (C=O) groups excluding carboxylic acids is 2. The SMILES string of the molecule is CCC12C=CC(=O)C1(OC(=O)c1ccccc1)C=C2. The van der Waals surface area contributed by atoms with Crippen molar-refractivity contribution in [3.8, 4) is 0 Å². The summed E-state index contributed by atoms with van der Waals surface area (Å²) in [5.41, 5.74) is -1.11. The zero-order valence-electron chi connectivity index (χ0n) is 10.6. The summed E-state index contributed by atoms with van der Waals surface area (Å²) in [6.07, 6.45) is 7.72. The Kier molecular flexibility index (Phi) is 2.45. The molecule has 0 radical (unpaired) electrons. The van der Waals surface area contributed by atoms with Gasteiger partial charge in [-0.15, -0.1) is 0 Å². The van der Waals surface area contributed by atoms with Crippen LogP contribution >= 0.6 is 0 Å². The van der Waals surface area contributed by atoms with Crippen molar-refractivity contribution in [1.82, 2.24) is 0 Å². The molecule has 0 aromatic heterocycles. The Bertz CT molecular complexity index is 600. The van der Waals surface area contributed by atoms with Crippen LogP contribution < -0.4 is 0 Å². The number of ketones is 1. The molecule has 0 saturated carbocycles. The molecule has 0 aliphatic heterocycles. The summed E-state index contributed by atoms with van der Waals surface area (Å²) < 4.78 is 5.55. The lowest BCUT2D eigenvalue weighted by Gasteiger charge is -2.45. The first kappa shape index (κ1) is 11.9. The number of benzene rings is 1. The summed E-state index contributed by atoms with van der Waals surface area (Å²) in [5, 5.41) is 0. The third-order valence-electron chi connectivity index (χ3n) is 4.05. The molecule has 0 spiro atoms. The Morgan fingerprint density at radius 3 is 2.47 bits per heavy atom. The summed E-state index contributed by atoms with van der Waals surface area (Å²) in [6, 6.07) is 8.74. The molecular formula is C16H14O3. The Morgan fingerprint density at radius 1 is 1.16 bits per heavy atom. The molecule has 2 atom stereocenters. The maximum atomic E-state index is 12.2. The van der Waals surface area contributed by atoms with Crippen molar-refractivity contribution in [3.05, 3.63) is 60.2 Å². The molecule has 3 rings (SSSR count). The number of carbonyl (C=O) groups is 2. The van der Waals surface area contributed by atoms with Crippen LogP contribution in [0.3, 0.4) is 0 Å². The van der Waals surface area contributed by atoms with Crippen LogP contribution in [0, 0.1) is 5.41 Å². The summed E-state index contributed by atoms with van der Waals surface area (Å²) in [4.78, 5) is 24.2. The zero-order chi connectivity index (χ0) is 13.5. The molecule has 1 aromatic carbocycles. The average Bonchev–Trinajstić information content (AvgIpc) is 2.61. The van der Waals surface area contributed by atoms with Crippen LogP contribution in [0.4, 0.5) is 0 Å². The Hall–Kier alpha value is -2.16. The Balaban J connectivity index is 1.90. The number of hydrogen-bond acceptors (Lipinski definition) is 3. The number of hydrogen-bond donors (Lipinski definition) is 0. The topological polar surface area (TPSA) is 43.4 Å². The first-order valence-electron chi connectivity index (χ1n) is 6.36. The van der Waals surface area contributed by atoms with Crippen molar-refractivity contribution in [1.29, 1.82) is 0 Å². The van der Waals surface area contributed by atoms with E-state index in [0.717, 1.165) is 6.42 Å². The van der Waals surface area contributed by atoms with Gasteiger partial charge in [0.1, 0.15) is 0 Å². The normalized spacial score (nSPS) is 30.9. The maximum Gasteiger partial charge on any atom is 0.339 e. The second kappa shape index (κ2) is 3.92. The van der Waals surface area contributed by atoms with E-state index in [1.54, 1.807) is 30.3 Å². The fraction of sp³-hybridized carbons (Fsp3) is 0.250. The van der Waals surface area contributed by atoms with E-state index in [1.807, 2.05) is 25.1 Å². The van der Waals surface area contributed by atoms with E-state index in [2.05, 4.69) is 0 Å². The molecule has 0 amide bonds. The Morgan fingerprint density at radius 2 is 1.89 bits per heavy atom. The van der Waals surface area contributed by atoms with Crippen molar-refractivity contribution in [3.63, 3.8) is 0 Å². The van der Waals surface area contributed by atoms with E-state index in [0.29, 0.717) is 5.56 Å². The predicted octanol–water partition coefficient (Wildman–Crippen LogP) is 2.69. The third kappa shape index (κ3) is 1.44. The molecule has 0 N–H and O–H groups in total. The van der Waals surface area contributed by atoms with Gasteiger partial charge in [-0.05, 0) is 30.7 Å². The minimum atomic E-state index is -1.12. The van der Waals surface area contributed by atoms with E-state index < -0.39 is 17.0 Å². The van der Waals surface area contributed by atoms with Crippen molar-refractivity contribution in [2.24, 2.45) is 5.41 Å². The van der Waals surface area contributed by atoms with Gasteiger partial charge < -0.3 is 4.74 Å². The van der Waals surface area contributed by atoms with Gasteiger partial charge in [0.2, 0.25) is 11.4 Å². The van der Waals surface area contributed by atoms with Crippen LogP contribution in [-0.2, 0) is 9.53 Å². The molecular weight excluding hydrogens is 240 g/mol. The lowest BCUT2D eigenvalue weighted by molar-refractivity contribution is -0.136. The zero-order valence-corrected chi connectivity index (χ0v) is 10.6. The maximum absolute atomic E-state index is 12.2. The van der Waals surface area contributed by atoms with Crippen LogP contribution in [-0.4, -0.2) is 17.4 Å². The van der Waals surface area contributed by atoms with Gasteiger partial charge in [-0.3, -0.25) is 4.79 Å². The molecule has 3 heteroatoms. The fourth-order valence-electron chi connectivity index (χ4n) is 2.74. The van der Waals surface area contributed by atoms with Crippen molar-refractivity contribution in [2.75, 3.05) is 0 Å². The van der Waals surface area contributed by atoms with Gasteiger partial charge in [0, 0.05) is 0 Å². The molecule has 96 valence electrons. The molecule has 2 aliphatic rings. The summed E-state index contributed by atoms with van der Waals surface area (Å²) in [7, 11) is 0. The van der Waals surface area contributed by atoms with E-state index in [1.165, 1.54) is 6.08 Å². The van der Waals surface area contributed by atoms with Crippen LogP contribution in [0.1, 0.15) is 23.7 Å². The second-order valence-electron chi connectivity index (χ2n) is 4.92. The first-order chi connectivity index (χ1) is 9.13. The largest absolute Gasteiger partial charge is 0.441 e. The van der Waals surface area contributed by atoms with Crippen LogP contribution in [0.25, 0.3) is 0 Å². The minimum Gasteiger partial charge on any atom is -0.441 e. The molecule has 2 unspecified atom stereocenters. The standard InChI is InChI=1S/C16H14O3/c1-2-15-9-8-13(17)16(15,11-10-15)19-14(18)12-6-4-3-5-7-12/h3-11H,2H2,1H3. The highest BCUT2D eigenvalue weighted by Gasteiger charge is 2.62. The number of rotatable bonds is 3. The number of ether oxygens (including phenoxy) is 1. The van der Waals surface area contributed by atoms with E-state index >= 15 is 0 Å². The van der Waals surface area contributed by atoms with E-state index in [9.17, 15) is 9.59 Å². The van der Waals surface area contributed by atoms with Crippen molar-refractivity contribution in [2.45, 2.75) is 18.9 Å². The van der Waals surface area contributed by atoms with Gasteiger partial charge >= 0.3 is 5.97 Å². The molecule has 19 heavy (non-hydrogen) atoms. The molecule has 1 aromatic rings. The highest BCUT2D eigenvalue weighted by atomic mass is 16.6. The Labute approximate surface area is 111 Å².